The Morgan fingerprint density at radius 3 is 2.52 bits per heavy atom. The van der Waals surface area contributed by atoms with Crippen molar-refractivity contribution in [1.29, 1.82) is 0 Å². The van der Waals surface area contributed by atoms with Crippen LogP contribution in [-0.2, 0) is 4.79 Å². The highest BCUT2D eigenvalue weighted by Gasteiger charge is 2.18. The van der Waals surface area contributed by atoms with Crippen LogP contribution in [0.1, 0.15) is 24.5 Å². The fourth-order valence-corrected chi connectivity index (χ4v) is 2.87. The third-order valence-corrected chi connectivity index (χ3v) is 4.51. The minimum Gasteiger partial charge on any atom is -0.310 e. The van der Waals surface area contributed by atoms with Crippen molar-refractivity contribution < 1.29 is 4.79 Å². The van der Waals surface area contributed by atoms with Gasteiger partial charge in [-0.15, -0.1) is 11.8 Å². The van der Waals surface area contributed by atoms with Crippen LogP contribution in [0.25, 0.3) is 0 Å². The lowest BCUT2D eigenvalue weighted by atomic mass is 10.2. The number of carbonyl (C=O) groups excluding carboxylic acids is 1. The molecule has 21 heavy (non-hydrogen) atoms. The van der Waals surface area contributed by atoms with Crippen LogP contribution in [-0.4, -0.2) is 16.1 Å². The number of carbonyl (C=O) groups is 1. The topological polar surface area (TPSA) is 42.0 Å². The summed E-state index contributed by atoms with van der Waals surface area (Å²) in [6.07, 6.45) is 2.48. The minimum absolute atomic E-state index is 0.00109. The van der Waals surface area contributed by atoms with Crippen molar-refractivity contribution in [2.24, 2.45) is 0 Å². The van der Waals surface area contributed by atoms with Crippen molar-refractivity contribution >= 4 is 23.5 Å². The lowest BCUT2D eigenvalue weighted by Gasteiger charge is -2.14. The zero-order chi connectivity index (χ0) is 15.2. The Labute approximate surface area is 130 Å². The van der Waals surface area contributed by atoms with Crippen molar-refractivity contribution in [2.75, 3.05) is 5.32 Å². The van der Waals surface area contributed by atoms with E-state index in [2.05, 4.69) is 41.5 Å². The summed E-state index contributed by atoms with van der Waals surface area (Å²) in [5, 5.41) is 2.78. The van der Waals surface area contributed by atoms with E-state index in [1.165, 1.54) is 5.56 Å². The summed E-state index contributed by atoms with van der Waals surface area (Å²) in [6, 6.07) is 12.0. The zero-order valence-electron chi connectivity index (χ0n) is 12.6. The SMILES string of the molecule is CCC(Sc1ccc(C)cc1)C(=O)Nc1cc(C)ccn1. The fourth-order valence-electron chi connectivity index (χ4n) is 1.91. The Bertz CT molecular complexity index is 610. The molecule has 0 aliphatic carbocycles. The average molecular weight is 300 g/mol. The van der Waals surface area contributed by atoms with Crippen molar-refractivity contribution in [3.63, 3.8) is 0 Å². The van der Waals surface area contributed by atoms with Gasteiger partial charge < -0.3 is 5.32 Å². The van der Waals surface area contributed by atoms with E-state index in [1.807, 2.05) is 26.0 Å². The summed E-state index contributed by atoms with van der Waals surface area (Å²) in [7, 11) is 0. The molecular formula is C17H20N2OS. The molecule has 1 atom stereocenters. The number of hydrogen-bond acceptors (Lipinski definition) is 3. The maximum Gasteiger partial charge on any atom is 0.239 e. The molecule has 0 saturated heterocycles. The number of thioether (sulfide) groups is 1. The van der Waals surface area contributed by atoms with E-state index in [9.17, 15) is 4.79 Å². The number of amides is 1. The van der Waals surface area contributed by atoms with Crippen LogP contribution in [0.3, 0.4) is 0 Å². The summed E-state index contributed by atoms with van der Waals surface area (Å²) in [5.74, 6) is 0.615. The van der Waals surface area contributed by atoms with Gasteiger partial charge in [-0.25, -0.2) is 4.98 Å². The van der Waals surface area contributed by atoms with Gasteiger partial charge in [-0.1, -0.05) is 24.6 Å². The van der Waals surface area contributed by atoms with Gasteiger partial charge in [0.15, 0.2) is 0 Å². The van der Waals surface area contributed by atoms with Crippen LogP contribution in [0.4, 0.5) is 5.82 Å². The number of benzene rings is 1. The Hall–Kier alpha value is -1.81. The van der Waals surface area contributed by atoms with Crippen LogP contribution >= 0.6 is 11.8 Å². The summed E-state index contributed by atoms with van der Waals surface area (Å²) in [6.45, 7) is 6.06. The van der Waals surface area contributed by atoms with Gasteiger partial charge in [-0.05, 0) is 50.1 Å². The third-order valence-electron chi connectivity index (χ3n) is 3.13. The maximum absolute atomic E-state index is 12.4. The van der Waals surface area contributed by atoms with Crippen molar-refractivity contribution in [1.82, 2.24) is 4.98 Å². The standard InChI is InChI=1S/C17H20N2OS/c1-4-15(21-14-7-5-12(2)6-8-14)17(20)19-16-11-13(3)9-10-18-16/h5-11,15H,4H2,1-3H3,(H,18,19,20). The second-order valence-electron chi connectivity index (χ2n) is 5.04. The van der Waals surface area contributed by atoms with Crippen LogP contribution in [0.5, 0.6) is 0 Å². The van der Waals surface area contributed by atoms with Crippen LogP contribution in [0.15, 0.2) is 47.5 Å². The first-order valence-electron chi connectivity index (χ1n) is 7.05. The number of nitrogens with zero attached hydrogens (tertiary/aromatic N) is 1. The molecule has 0 spiro atoms. The summed E-state index contributed by atoms with van der Waals surface area (Å²) in [4.78, 5) is 17.6. The Balaban J connectivity index is 2.03. The van der Waals surface area contributed by atoms with Crippen molar-refractivity contribution in [3.05, 3.63) is 53.7 Å². The molecule has 0 aliphatic rings. The van der Waals surface area contributed by atoms with E-state index in [-0.39, 0.29) is 11.2 Å². The van der Waals surface area contributed by atoms with E-state index < -0.39 is 0 Å². The number of hydrogen-bond donors (Lipinski definition) is 1. The van der Waals surface area contributed by atoms with Gasteiger partial charge in [0.2, 0.25) is 5.91 Å². The van der Waals surface area contributed by atoms with E-state index >= 15 is 0 Å². The molecule has 2 aromatic rings. The molecule has 0 radical (unpaired) electrons. The number of aryl methyl sites for hydroxylation is 2. The predicted molar refractivity (Wildman–Crippen MR) is 88.7 cm³/mol. The van der Waals surface area contributed by atoms with Crippen LogP contribution in [0.2, 0.25) is 0 Å². The number of pyridine rings is 1. The number of aromatic nitrogens is 1. The summed E-state index contributed by atoms with van der Waals surface area (Å²) in [5.41, 5.74) is 2.31. The highest BCUT2D eigenvalue weighted by Crippen LogP contribution is 2.26. The molecule has 0 bridgehead atoms. The Kier molecular flexibility index (Phi) is 5.39. The maximum atomic E-state index is 12.4. The predicted octanol–water partition coefficient (Wildman–Crippen LogP) is 4.21. The summed E-state index contributed by atoms with van der Waals surface area (Å²) < 4.78 is 0. The molecule has 1 N–H and O–H groups in total. The van der Waals surface area contributed by atoms with E-state index in [0.29, 0.717) is 5.82 Å². The molecule has 1 unspecified atom stereocenters. The smallest absolute Gasteiger partial charge is 0.239 e. The normalized spacial score (nSPS) is 12.0. The molecule has 1 heterocycles. The van der Waals surface area contributed by atoms with Crippen molar-refractivity contribution in [2.45, 2.75) is 37.3 Å². The first kappa shape index (κ1) is 15.6. The number of anilines is 1. The van der Waals surface area contributed by atoms with Crippen LogP contribution in [0, 0.1) is 13.8 Å². The Morgan fingerprint density at radius 1 is 1.19 bits per heavy atom. The monoisotopic (exact) mass is 300 g/mol. The molecular weight excluding hydrogens is 280 g/mol. The van der Waals surface area contributed by atoms with Crippen molar-refractivity contribution in [3.8, 4) is 0 Å². The Morgan fingerprint density at radius 2 is 1.90 bits per heavy atom. The van der Waals surface area contributed by atoms with Gasteiger partial charge in [0.1, 0.15) is 5.82 Å². The van der Waals surface area contributed by atoms with E-state index in [4.69, 9.17) is 0 Å². The van der Waals surface area contributed by atoms with E-state index in [0.717, 1.165) is 16.9 Å². The minimum atomic E-state index is -0.116. The second kappa shape index (κ2) is 7.27. The third kappa shape index (κ3) is 4.60. The van der Waals surface area contributed by atoms with Gasteiger partial charge in [0.25, 0.3) is 0 Å². The molecule has 110 valence electrons. The molecule has 0 saturated carbocycles. The van der Waals surface area contributed by atoms with Gasteiger partial charge in [0, 0.05) is 11.1 Å². The molecule has 1 amide bonds. The second-order valence-corrected chi connectivity index (χ2v) is 6.31. The van der Waals surface area contributed by atoms with Gasteiger partial charge >= 0.3 is 0 Å². The molecule has 1 aromatic carbocycles. The molecule has 3 nitrogen and oxygen atoms in total. The largest absolute Gasteiger partial charge is 0.310 e. The quantitative estimate of drug-likeness (QED) is 0.841. The van der Waals surface area contributed by atoms with Gasteiger partial charge in [0.05, 0.1) is 5.25 Å². The fraction of sp³-hybridized carbons (Fsp3) is 0.294. The highest BCUT2D eigenvalue weighted by atomic mass is 32.2. The molecule has 2 rings (SSSR count). The van der Waals surface area contributed by atoms with Gasteiger partial charge in [-0.2, -0.15) is 0 Å². The zero-order valence-corrected chi connectivity index (χ0v) is 13.4. The first-order chi connectivity index (χ1) is 10.1. The summed E-state index contributed by atoms with van der Waals surface area (Å²) >= 11 is 1.59. The first-order valence-corrected chi connectivity index (χ1v) is 7.93. The molecule has 0 aliphatic heterocycles. The molecule has 0 fully saturated rings. The number of nitrogens with one attached hydrogen (secondary N) is 1. The lowest BCUT2D eigenvalue weighted by molar-refractivity contribution is -0.115. The lowest BCUT2D eigenvalue weighted by Crippen LogP contribution is -2.25. The molecule has 4 heteroatoms. The van der Waals surface area contributed by atoms with Crippen LogP contribution < -0.4 is 5.32 Å². The number of rotatable bonds is 5. The highest BCUT2D eigenvalue weighted by molar-refractivity contribution is 8.00. The van der Waals surface area contributed by atoms with E-state index in [1.54, 1.807) is 18.0 Å². The average Bonchev–Trinajstić information content (AvgIpc) is 2.46. The molecule has 1 aromatic heterocycles. The van der Waals surface area contributed by atoms with Gasteiger partial charge in [-0.3, -0.25) is 4.79 Å².